The van der Waals surface area contributed by atoms with E-state index in [1.165, 1.54) is 44.9 Å². The lowest BCUT2D eigenvalue weighted by atomic mass is 10.1. The lowest BCUT2D eigenvalue weighted by Gasteiger charge is -2.15. The minimum atomic E-state index is -0.827. The summed E-state index contributed by atoms with van der Waals surface area (Å²) in [5, 5.41) is 9.53. The zero-order valence-corrected chi connectivity index (χ0v) is 30.5. The number of hydrogen-bond acceptors (Lipinski definition) is 5. The Labute approximate surface area is 294 Å². The second-order valence-electron chi connectivity index (χ2n) is 11.9. The highest BCUT2D eigenvalue weighted by molar-refractivity contribution is 5.70. The highest BCUT2D eigenvalue weighted by Crippen LogP contribution is 2.08. The maximum absolute atomic E-state index is 12.1. The lowest BCUT2D eigenvalue weighted by Crippen LogP contribution is -2.28. The van der Waals surface area contributed by atoms with E-state index < -0.39 is 6.10 Å². The molecule has 0 fully saturated rings. The van der Waals surface area contributed by atoms with Crippen molar-refractivity contribution in [3.63, 3.8) is 0 Å². The maximum atomic E-state index is 12.1. The number of rotatable bonds is 32. The van der Waals surface area contributed by atoms with Crippen molar-refractivity contribution in [1.82, 2.24) is 0 Å². The molecule has 0 aliphatic carbocycles. The highest BCUT2D eigenvalue weighted by atomic mass is 16.6. The number of ether oxygens (including phenoxy) is 2. The first-order valence-corrected chi connectivity index (χ1v) is 18.8. The first-order valence-electron chi connectivity index (χ1n) is 18.8. The molecule has 0 heterocycles. The van der Waals surface area contributed by atoms with E-state index in [1.54, 1.807) is 0 Å². The SMILES string of the molecule is CCC=CCC=CCC=CCC=CCC=CCCCC(=O)O[C@@H](CO)COC(=O)CCCC=CCC=CCC=CCCCCCCCC. The lowest BCUT2D eigenvalue weighted by molar-refractivity contribution is -0.161. The topological polar surface area (TPSA) is 72.8 Å². The van der Waals surface area contributed by atoms with Crippen molar-refractivity contribution in [2.75, 3.05) is 13.2 Å². The van der Waals surface area contributed by atoms with Gasteiger partial charge >= 0.3 is 11.9 Å². The van der Waals surface area contributed by atoms with Gasteiger partial charge in [-0.25, -0.2) is 0 Å². The molecule has 0 amide bonds. The molecule has 270 valence electrons. The summed E-state index contributed by atoms with van der Waals surface area (Å²) in [4.78, 5) is 24.2. The molecule has 0 aromatic carbocycles. The van der Waals surface area contributed by atoms with Gasteiger partial charge in [-0.1, -0.05) is 143 Å². The monoisotopic (exact) mass is 665 g/mol. The predicted molar refractivity (Wildman–Crippen MR) is 205 cm³/mol. The molecule has 0 bridgehead atoms. The van der Waals surface area contributed by atoms with Crippen LogP contribution >= 0.6 is 0 Å². The predicted octanol–water partition coefficient (Wildman–Crippen LogP) is 11.7. The Morgan fingerprint density at radius 3 is 1.35 bits per heavy atom. The van der Waals surface area contributed by atoms with Crippen molar-refractivity contribution in [2.24, 2.45) is 0 Å². The molecule has 1 N–H and O–H groups in total. The Kier molecular flexibility index (Phi) is 35.7. The first kappa shape index (κ1) is 44.8. The third-order valence-electron chi connectivity index (χ3n) is 7.36. The molecule has 0 saturated carbocycles. The molecule has 0 aromatic heterocycles. The van der Waals surface area contributed by atoms with Gasteiger partial charge in [-0.05, 0) is 83.5 Å². The number of hydrogen-bond donors (Lipinski definition) is 1. The van der Waals surface area contributed by atoms with E-state index in [2.05, 4.69) is 111 Å². The van der Waals surface area contributed by atoms with E-state index in [1.807, 2.05) is 0 Å². The number of aliphatic hydroxyl groups is 1. The molecule has 0 rings (SSSR count). The number of unbranched alkanes of at least 4 members (excludes halogenated alkanes) is 8. The zero-order valence-electron chi connectivity index (χ0n) is 30.5. The largest absolute Gasteiger partial charge is 0.462 e. The van der Waals surface area contributed by atoms with Gasteiger partial charge in [-0.3, -0.25) is 9.59 Å². The van der Waals surface area contributed by atoms with Crippen LogP contribution in [0.3, 0.4) is 0 Å². The molecule has 0 spiro atoms. The second-order valence-corrected chi connectivity index (χ2v) is 11.9. The van der Waals surface area contributed by atoms with Crippen LogP contribution in [0.25, 0.3) is 0 Å². The fourth-order valence-electron chi connectivity index (χ4n) is 4.54. The van der Waals surface area contributed by atoms with Crippen molar-refractivity contribution in [3.05, 3.63) is 97.2 Å². The molecular formula is C43H68O5. The minimum Gasteiger partial charge on any atom is -0.462 e. The maximum Gasteiger partial charge on any atom is 0.306 e. The van der Waals surface area contributed by atoms with Crippen molar-refractivity contribution >= 4 is 11.9 Å². The fraction of sp³-hybridized carbons (Fsp3) is 0.581. The molecule has 0 saturated heterocycles. The van der Waals surface area contributed by atoms with Crippen LogP contribution in [0.4, 0.5) is 0 Å². The van der Waals surface area contributed by atoms with Crippen molar-refractivity contribution in [3.8, 4) is 0 Å². The van der Waals surface area contributed by atoms with Crippen LogP contribution in [0.2, 0.25) is 0 Å². The van der Waals surface area contributed by atoms with Crippen LogP contribution in [-0.4, -0.2) is 36.4 Å². The van der Waals surface area contributed by atoms with Crippen LogP contribution in [0, 0.1) is 0 Å². The summed E-state index contributed by atoms with van der Waals surface area (Å²) < 4.78 is 10.5. The number of carbonyl (C=O) groups is 2. The van der Waals surface area contributed by atoms with Gasteiger partial charge in [0, 0.05) is 12.8 Å². The molecule has 5 heteroatoms. The molecule has 0 aliphatic heterocycles. The van der Waals surface area contributed by atoms with Crippen LogP contribution < -0.4 is 0 Å². The van der Waals surface area contributed by atoms with E-state index in [0.29, 0.717) is 19.3 Å². The van der Waals surface area contributed by atoms with Crippen molar-refractivity contribution in [2.45, 2.75) is 148 Å². The molecule has 5 nitrogen and oxygen atoms in total. The van der Waals surface area contributed by atoms with Gasteiger partial charge in [0.25, 0.3) is 0 Å². The van der Waals surface area contributed by atoms with Crippen molar-refractivity contribution in [1.29, 1.82) is 0 Å². The Hall–Kier alpha value is -3.18. The van der Waals surface area contributed by atoms with E-state index in [0.717, 1.165) is 57.8 Å². The average Bonchev–Trinajstić information content (AvgIpc) is 3.09. The minimum absolute atomic E-state index is 0.121. The van der Waals surface area contributed by atoms with Gasteiger partial charge in [0.15, 0.2) is 6.10 Å². The number of carbonyl (C=O) groups excluding carboxylic acids is 2. The average molecular weight is 665 g/mol. The molecule has 1 atom stereocenters. The van der Waals surface area contributed by atoms with Gasteiger partial charge < -0.3 is 14.6 Å². The number of aliphatic hydroxyl groups excluding tert-OH is 1. The Morgan fingerprint density at radius 1 is 0.500 bits per heavy atom. The molecule has 0 aliphatic rings. The molecular weight excluding hydrogens is 596 g/mol. The normalized spacial score (nSPS) is 13.3. The summed E-state index contributed by atoms with van der Waals surface area (Å²) >= 11 is 0. The molecule has 48 heavy (non-hydrogen) atoms. The van der Waals surface area contributed by atoms with E-state index >= 15 is 0 Å². The Morgan fingerprint density at radius 2 is 0.896 bits per heavy atom. The molecule has 0 radical (unpaired) electrons. The van der Waals surface area contributed by atoms with Gasteiger partial charge in [-0.15, -0.1) is 0 Å². The second kappa shape index (κ2) is 38.3. The van der Waals surface area contributed by atoms with E-state index in [4.69, 9.17) is 9.47 Å². The fourth-order valence-corrected chi connectivity index (χ4v) is 4.54. The molecule has 0 unspecified atom stereocenters. The standard InChI is InChI=1S/C43H68O5/c1-3-5-7-9-11-13-15-17-19-21-23-25-27-29-31-33-35-37-42(45)47-40-41(39-44)48-43(46)38-36-34-32-30-28-26-24-22-20-18-16-14-12-10-8-6-4-2/h6,8,12,14,17-20,23-26,29-32,41,44H,3-5,7,9-11,13,15-16,21-22,27-28,33-40H2,1-2H3/t41-/m0/s1. The quantitative estimate of drug-likeness (QED) is 0.0440. The summed E-state index contributed by atoms with van der Waals surface area (Å²) in [7, 11) is 0. The summed E-state index contributed by atoms with van der Waals surface area (Å²) in [5.74, 6) is -0.732. The summed E-state index contributed by atoms with van der Waals surface area (Å²) in [6.45, 7) is 3.90. The van der Waals surface area contributed by atoms with Crippen LogP contribution in [0.5, 0.6) is 0 Å². The number of esters is 2. The van der Waals surface area contributed by atoms with Gasteiger partial charge in [0.2, 0.25) is 0 Å². The van der Waals surface area contributed by atoms with Gasteiger partial charge in [-0.2, -0.15) is 0 Å². The van der Waals surface area contributed by atoms with Crippen LogP contribution in [-0.2, 0) is 19.1 Å². The number of allylic oxidation sites excluding steroid dienone is 16. The van der Waals surface area contributed by atoms with Gasteiger partial charge in [0.1, 0.15) is 6.61 Å². The Balaban J connectivity index is 3.79. The van der Waals surface area contributed by atoms with Crippen LogP contribution in [0.1, 0.15) is 142 Å². The van der Waals surface area contributed by atoms with E-state index in [-0.39, 0.29) is 31.6 Å². The van der Waals surface area contributed by atoms with Gasteiger partial charge in [0.05, 0.1) is 6.61 Å². The van der Waals surface area contributed by atoms with Crippen LogP contribution in [0.15, 0.2) is 97.2 Å². The van der Waals surface area contributed by atoms with Crippen molar-refractivity contribution < 1.29 is 24.2 Å². The summed E-state index contributed by atoms with van der Waals surface area (Å²) in [5.41, 5.74) is 0. The third kappa shape index (κ3) is 35.7. The molecule has 0 aromatic rings. The smallest absolute Gasteiger partial charge is 0.306 e. The Bertz CT molecular complexity index is 979. The third-order valence-corrected chi connectivity index (χ3v) is 7.36. The zero-order chi connectivity index (χ0) is 35.0. The van der Waals surface area contributed by atoms with E-state index in [9.17, 15) is 14.7 Å². The highest BCUT2D eigenvalue weighted by Gasteiger charge is 2.15. The summed E-state index contributed by atoms with van der Waals surface area (Å²) in [6.07, 6.45) is 53.3. The first-order chi connectivity index (χ1) is 23.6. The summed E-state index contributed by atoms with van der Waals surface area (Å²) in [6, 6.07) is 0.